The fourth-order valence-electron chi connectivity index (χ4n) is 2.47. The van der Waals surface area contributed by atoms with Crippen molar-refractivity contribution in [2.75, 3.05) is 13.2 Å². The highest BCUT2D eigenvalue weighted by Crippen LogP contribution is 2.24. The summed E-state index contributed by atoms with van der Waals surface area (Å²) in [4.78, 5) is 0. The molecule has 1 unspecified atom stereocenters. The first-order chi connectivity index (χ1) is 9.81. The van der Waals surface area contributed by atoms with E-state index in [4.69, 9.17) is 4.74 Å². The molecule has 0 radical (unpaired) electrons. The van der Waals surface area contributed by atoms with Crippen LogP contribution >= 0.6 is 0 Å². The van der Waals surface area contributed by atoms with Crippen molar-refractivity contribution in [3.05, 3.63) is 29.8 Å². The van der Waals surface area contributed by atoms with E-state index < -0.39 is 0 Å². The summed E-state index contributed by atoms with van der Waals surface area (Å²) in [6.45, 7) is 8.32. The lowest BCUT2D eigenvalue weighted by Crippen LogP contribution is -2.22. The van der Waals surface area contributed by atoms with Crippen molar-refractivity contribution in [3.63, 3.8) is 0 Å². The van der Waals surface area contributed by atoms with Gasteiger partial charge in [0.15, 0.2) is 0 Å². The molecule has 0 aromatic heterocycles. The number of nitrogens with one attached hydrogen (secondary N) is 1. The molecule has 114 valence electrons. The van der Waals surface area contributed by atoms with Gasteiger partial charge in [0.25, 0.3) is 0 Å². The number of hydrogen-bond acceptors (Lipinski definition) is 2. The molecule has 0 amide bonds. The van der Waals surface area contributed by atoms with Crippen molar-refractivity contribution in [2.45, 2.75) is 65.3 Å². The molecule has 0 spiro atoms. The predicted octanol–water partition coefficient (Wildman–Crippen LogP) is 5.10. The first kappa shape index (κ1) is 17.0. The fourth-order valence-corrected chi connectivity index (χ4v) is 2.47. The van der Waals surface area contributed by atoms with E-state index in [9.17, 15) is 0 Å². The van der Waals surface area contributed by atoms with Gasteiger partial charge in [-0.15, -0.1) is 0 Å². The van der Waals surface area contributed by atoms with Crippen molar-refractivity contribution >= 4 is 0 Å². The molecule has 0 fully saturated rings. The molecule has 1 rings (SSSR count). The van der Waals surface area contributed by atoms with Crippen LogP contribution in [-0.4, -0.2) is 13.2 Å². The summed E-state index contributed by atoms with van der Waals surface area (Å²) in [6.07, 6.45) is 7.68. The van der Waals surface area contributed by atoms with Crippen LogP contribution in [0.4, 0.5) is 0 Å². The lowest BCUT2D eigenvalue weighted by atomic mass is 9.99. The molecule has 0 saturated heterocycles. The van der Waals surface area contributed by atoms with Crippen molar-refractivity contribution in [2.24, 2.45) is 0 Å². The Kier molecular flexibility index (Phi) is 9.14. The number of benzene rings is 1. The summed E-state index contributed by atoms with van der Waals surface area (Å²) in [6, 6.07) is 9.02. The molecule has 20 heavy (non-hydrogen) atoms. The number of rotatable bonds is 11. The SMILES string of the molecule is CCCCCCC(NCCC)c1cccc(OCC)c1. The molecule has 2 heteroatoms. The van der Waals surface area contributed by atoms with Gasteiger partial charge in [0.1, 0.15) is 5.75 Å². The van der Waals surface area contributed by atoms with Crippen LogP contribution in [0.25, 0.3) is 0 Å². The average molecular weight is 277 g/mol. The Morgan fingerprint density at radius 3 is 2.60 bits per heavy atom. The van der Waals surface area contributed by atoms with Gasteiger partial charge in [0.05, 0.1) is 6.61 Å². The van der Waals surface area contributed by atoms with Crippen LogP contribution < -0.4 is 10.1 Å². The second-order valence-electron chi connectivity index (χ2n) is 5.36. The lowest BCUT2D eigenvalue weighted by molar-refractivity contribution is 0.339. The Morgan fingerprint density at radius 2 is 1.90 bits per heavy atom. The second-order valence-corrected chi connectivity index (χ2v) is 5.36. The topological polar surface area (TPSA) is 21.3 Å². The maximum Gasteiger partial charge on any atom is 0.119 e. The van der Waals surface area contributed by atoms with E-state index in [0.717, 1.165) is 18.9 Å². The smallest absolute Gasteiger partial charge is 0.119 e. The molecule has 1 aromatic rings. The van der Waals surface area contributed by atoms with E-state index in [1.807, 2.05) is 13.0 Å². The molecular formula is C18H31NO. The Hall–Kier alpha value is -1.02. The van der Waals surface area contributed by atoms with Crippen LogP contribution in [0, 0.1) is 0 Å². The van der Waals surface area contributed by atoms with Crippen LogP contribution in [0.3, 0.4) is 0 Å². The number of ether oxygens (including phenoxy) is 1. The van der Waals surface area contributed by atoms with E-state index in [0.29, 0.717) is 6.04 Å². The minimum atomic E-state index is 0.465. The molecule has 0 aliphatic heterocycles. The molecule has 2 nitrogen and oxygen atoms in total. The summed E-state index contributed by atoms with van der Waals surface area (Å²) in [7, 11) is 0. The zero-order valence-electron chi connectivity index (χ0n) is 13.5. The third-order valence-corrected chi connectivity index (χ3v) is 3.56. The Balaban J connectivity index is 2.62. The monoisotopic (exact) mass is 277 g/mol. The lowest BCUT2D eigenvalue weighted by Gasteiger charge is -2.20. The minimum absolute atomic E-state index is 0.465. The van der Waals surface area contributed by atoms with Gasteiger partial charge in [-0.05, 0) is 44.0 Å². The van der Waals surface area contributed by atoms with Crippen molar-refractivity contribution in [1.82, 2.24) is 5.32 Å². The summed E-state index contributed by atoms with van der Waals surface area (Å²) in [5.74, 6) is 0.988. The predicted molar refractivity (Wildman–Crippen MR) is 87.4 cm³/mol. The van der Waals surface area contributed by atoms with E-state index >= 15 is 0 Å². The highest BCUT2D eigenvalue weighted by atomic mass is 16.5. The van der Waals surface area contributed by atoms with Crippen LogP contribution in [0.5, 0.6) is 5.75 Å². The number of unbranched alkanes of at least 4 members (excludes halogenated alkanes) is 3. The maximum atomic E-state index is 5.62. The summed E-state index contributed by atoms with van der Waals surface area (Å²) >= 11 is 0. The molecule has 0 aliphatic carbocycles. The number of hydrogen-bond donors (Lipinski definition) is 1. The van der Waals surface area contributed by atoms with E-state index in [1.54, 1.807) is 0 Å². The quantitative estimate of drug-likeness (QED) is 0.568. The highest BCUT2D eigenvalue weighted by Gasteiger charge is 2.11. The van der Waals surface area contributed by atoms with E-state index in [1.165, 1.54) is 44.1 Å². The van der Waals surface area contributed by atoms with Crippen LogP contribution in [0.2, 0.25) is 0 Å². The molecular weight excluding hydrogens is 246 g/mol. The second kappa shape index (κ2) is 10.7. The van der Waals surface area contributed by atoms with E-state index in [2.05, 4.69) is 37.4 Å². The minimum Gasteiger partial charge on any atom is -0.494 e. The largest absolute Gasteiger partial charge is 0.494 e. The average Bonchev–Trinajstić information content (AvgIpc) is 2.47. The Morgan fingerprint density at radius 1 is 1.05 bits per heavy atom. The van der Waals surface area contributed by atoms with Gasteiger partial charge in [0.2, 0.25) is 0 Å². The normalized spacial score (nSPS) is 12.3. The molecule has 1 aromatic carbocycles. The molecule has 0 saturated carbocycles. The third kappa shape index (κ3) is 6.42. The molecule has 0 heterocycles. The fraction of sp³-hybridized carbons (Fsp3) is 0.667. The van der Waals surface area contributed by atoms with Gasteiger partial charge < -0.3 is 10.1 Å². The van der Waals surface area contributed by atoms with E-state index in [-0.39, 0.29) is 0 Å². The van der Waals surface area contributed by atoms with Crippen molar-refractivity contribution in [3.8, 4) is 5.75 Å². The van der Waals surface area contributed by atoms with Gasteiger partial charge in [-0.25, -0.2) is 0 Å². The molecule has 0 aliphatic rings. The van der Waals surface area contributed by atoms with Gasteiger partial charge in [-0.1, -0.05) is 51.7 Å². The summed E-state index contributed by atoms with van der Waals surface area (Å²) < 4.78 is 5.62. The van der Waals surface area contributed by atoms with Crippen LogP contribution in [0.15, 0.2) is 24.3 Å². The van der Waals surface area contributed by atoms with Crippen LogP contribution in [-0.2, 0) is 0 Å². The Bertz CT molecular complexity index is 351. The summed E-state index contributed by atoms with van der Waals surface area (Å²) in [5.41, 5.74) is 1.36. The zero-order valence-corrected chi connectivity index (χ0v) is 13.5. The standard InChI is InChI=1S/C18H31NO/c1-4-7-8-9-13-18(19-14-5-2)16-11-10-12-17(15-16)20-6-3/h10-12,15,18-19H,4-9,13-14H2,1-3H3. The first-order valence-electron chi connectivity index (χ1n) is 8.27. The maximum absolute atomic E-state index is 5.62. The van der Waals surface area contributed by atoms with Gasteiger partial charge in [0, 0.05) is 6.04 Å². The molecule has 0 bridgehead atoms. The van der Waals surface area contributed by atoms with Crippen molar-refractivity contribution in [1.29, 1.82) is 0 Å². The zero-order chi connectivity index (χ0) is 14.6. The van der Waals surface area contributed by atoms with Gasteiger partial charge in [-0.3, -0.25) is 0 Å². The molecule has 1 N–H and O–H groups in total. The first-order valence-corrected chi connectivity index (χ1v) is 8.27. The van der Waals surface area contributed by atoms with Crippen LogP contribution in [0.1, 0.15) is 70.9 Å². The highest BCUT2D eigenvalue weighted by molar-refractivity contribution is 5.30. The Labute approximate surface area is 124 Å². The van der Waals surface area contributed by atoms with Crippen molar-refractivity contribution < 1.29 is 4.74 Å². The molecule has 1 atom stereocenters. The third-order valence-electron chi connectivity index (χ3n) is 3.56. The summed E-state index contributed by atoms with van der Waals surface area (Å²) in [5, 5.41) is 3.68. The van der Waals surface area contributed by atoms with Gasteiger partial charge in [-0.2, -0.15) is 0 Å². The van der Waals surface area contributed by atoms with Gasteiger partial charge >= 0.3 is 0 Å².